The van der Waals surface area contributed by atoms with Gasteiger partial charge in [-0.15, -0.1) is 24.0 Å². The molecule has 0 atom stereocenters. The molecule has 1 rings (SSSR count). The third-order valence-corrected chi connectivity index (χ3v) is 2.23. The Morgan fingerprint density at radius 2 is 1.89 bits per heavy atom. The van der Waals surface area contributed by atoms with Gasteiger partial charge in [0.05, 0.1) is 6.54 Å². The second-order valence-electron chi connectivity index (χ2n) is 4.33. The molecule has 1 N–H and O–H groups in total. The highest BCUT2D eigenvalue weighted by atomic mass is 127. The first-order valence-corrected chi connectivity index (χ1v) is 5.73. The summed E-state index contributed by atoms with van der Waals surface area (Å²) in [5.74, 6) is 0.886. The van der Waals surface area contributed by atoms with E-state index in [4.69, 9.17) is 0 Å². The number of hydrogen-bond acceptors (Lipinski definition) is 1. The van der Waals surface area contributed by atoms with Gasteiger partial charge in [-0.05, 0) is 12.5 Å². The number of guanidine groups is 1. The van der Waals surface area contributed by atoms with Crippen molar-refractivity contribution < 1.29 is 0 Å². The van der Waals surface area contributed by atoms with E-state index in [9.17, 15) is 0 Å². The maximum Gasteiger partial charge on any atom is 0.193 e. The average Bonchev–Trinajstić information content (AvgIpc) is 2.29. The molecule has 1 aromatic carbocycles. The molecule has 0 aliphatic heterocycles. The van der Waals surface area contributed by atoms with Crippen LogP contribution in [-0.2, 0) is 6.54 Å². The van der Waals surface area contributed by atoms with Gasteiger partial charge in [0.1, 0.15) is 0 Å². The van der Waals surface area contributed by atoms with Gasteiger partial charge in [0, 0.05) is 20.6 Å². The number of rotatable bonds is 4. The van der Waals surface area contributed by atoms with Crippen LogP contribution in [0.2, 0.25) is 0 Å². The van der Waals surface area contributed by atoms with Gasteiger partial charge in [-0.3, -0.25) is 0 Å². The number of halogens is 1. The van der Waals surface area contributed by atoms with E-state index in [1.165, 1.54) is 5.56 Å². The van der Waals surface area contributed by atoms with E-state index in [-0.39, 0.29) is 24.0 Å². The van der Waals surface area contributed by atoms with Gasteiger partial charge in [0.15, 0.2) is 5.96 Å². The maximum absolute atomic E-state index is 4.56. The monoisotopic (exact) mass is 359 g/mol. The largest absolute Gasteiger partial charge is 0.353 e. The predicted molar refractivity (Wildman–Crippen MR) is 89.5 cm³/mol. The van der Waals surface area contributed by atoms with Gasteiger partial charge in [-0.25, -0.2) is 4.99 Å². The van der Waals surface area contributed by atoms with Crippen molar-refractivity contribution in [1.29, 1.82) is 0 Å². The third kappa shape index (κ3) is 6.64. The van der Waals surface area contributed by atoms with Crippen LogP contribution in [0.25, 0.3) is 0 Å². The van der Waals surface area contributed by atoms with Crippen molar-refractivity contribution in [2.75, 3.05) is 20.6 Å². The molecule has 0 aromatic heterocycles. The zero-order chi connectivity index (χ0) is 12.7. The van der Waals surface area contributed by atoms with Crippen LogP contribution in [0.15, 0.2) is 47.5 Å². The summed E-state index contributed by atoms with van der Waals surface area (Å²) in [6.07, 6.45) is 0. The van der Waals surface area contributed by atoms with E-state index >= 15 is 0 Å². The van der Waals surface area contributed by atoms with Crippen LogP contribution in [0.5, 0.6) is 0 Å². The van der Waals surface area contributed by atoms with E-state index in [1.807, 2.05) is 44.1 Å². The molecular weight excluding hydrogens is 337 g/mol. The number of aliphatic imine (C=N–C) groups is 1. The molecule has 1 aromatic rings. The fourth-order valence-corrected chi connectivity index (χ4v) is 1.33. The fraction of sp³-hybridized carbons (Fsp3) is 0.357. The zero-order valence-electron chi connectivity index (χ0n) is 11.3. The van der Waals surface area contributed by atoms with Crippen LogP contribution >= 0.6 is 24.0 Å². The number of hydrogen-bond donors (Lipinski definition) is 1. The van der Waals surface area contributed by atoms with Gasteiger partial charge < -0.3 is 10.2 Å². The molecule has 3 nitrogen and oxygen atoms in total. The molecule has 0 aliphatic rings. The maximum atomic E-state index is 4.56. The van der Waals surface area contributed by atoms with Gasteiger partial charge in [-0.2, -0.15) is 0 Å². The first-order chi connectivity index (χ1) is 8.09. The third-order valence-electron chi connectivity index (χ3n) is 2.23. The summed E-state index contributed by atoms with van der Waals surface area (Å²) in [4.78, 5) is 6.53. The van der Waals surface area contributed by atoms with Crippen LogP contribution in [-0.4, -0.2) is 31.5 Å². The lowest BCUT2D eigenvalue weighted by atomic mass is 10.2. The molecule has 0 saturated heterocycles. The summed E-state index contributed by atoms with van der Waals surface area (Å²) in [6, 6.07) is 10.2. The molecule has 0 heterocycles. The molecule has 0 amide bonds. The average molecular weight is 359 g/mol. The van der Waals surface area contributed by atoms with Crippen LogP contribution in [0, 0.1) is 0 Å². The quantitative estimate of drug-likeness (QED) is 0.388. The first-order valence-electron chi connectivity index (χ1n) is 5.73. The number of nitrogens with one attached hydrogen (secondary N) is 1. The van der Waals surface area contributed by atoms with E-state index in [1.54, 1.807) is 0 Å². The Bertz CT molecular complexity index is 385. The highest BCUT2D eigenvalue weighted by molar-refractivity contribution is 14.0. The molecule has 0 saturated carbocycles. The molecule has 0 spiro atoms. The fourth-order valence-electron chi connectivity index (χ4n) is 1.33. The second kappa shape index (κ2) is 8.97. The molecule has 0 radical (unpaired) electrons. The Balaban J connectivity index is 0.00000289. The Labute approximate surface area is 127 Å². The molecule has 4 heteroatoms. The molecule has 0 fully saturated rings. The number of benzene rings is 1. The SMILES string of the molecule is C=C(C)CNC(=NCc1ccccc1)N(C)C.I. The molecular formula is C14H22IN3. The molecule has 100 valence electrons. The Hall–Kier alpha value is -1.04. The van der Waals surface area contributed by atoms with Crippen LogP contribution in [0.4, 0.5) is 0 Å². The van der Waals surface area contributed by atoms with E-state index in [0.29, 0.717) is 6.54 Å². The van der Waals surface area contributed by atoms with Crippen LogP contribution < -0.4 is 5.32 Å². The topological polar surface area (TPSA) is 27.6 Å². The molecule has 0 bridgehead atoms. The Morgan fingerprint density at radius 3 is 2.39 bits per heavy atom. The lowest BCUT2D eigenvalue weighted by Gasteiger charge is -2.17. The minimum Gasteiger partial charge on any atom is -0.353 e. The predicted octanol–water partition coefficient (Wildman–Crippen LogP) is 2.89. The standard InChI is InChI=1S/C14H21N3.HI/c1-12(2)10-15-14(17(3)4)16-11-13-8-6-5-7-9-13;/h5-9H,1,10-11H2,2-4H3,(H,15,16);1H. The van der Waals surface area contributed by atoms with Crippen molar-refractivity contribution in [2.24, 2.45) is 4.99 Å². The summed E-state index contributed by atoms with van der Waals surface area (Å²) >= 11 is 0. The second-order valence-corrected chi connectivity index (χ2v) is 4.33. The van der Waals surface area contributed by atoms with Crippen molar-refractivity contribution in [3.05, 3.63) is 48.0 Å². The summed E-state index contributed by atoms with van der Waals surface area (Å²) < 4.78 is 0. The first kappa shape index (κ1) is 17.0. The Kier molecular flexibility index (Phi) is 8.45. The Morgan fingerprint density at radius 1 is 1.28 bits per heavy atom. The van der Waals surface area contributed by atoms with Gasteiger partial charge >= 0.3 is 0 Å². The minimum atomic E-state index is 0. The van der Waals surface area contributed by atoms with Gasteiger partial charge in [0.2, 0.25) is 0 Å². The minimum absolute atomic E-state index is 0. The highest BCUT2D eigenvalue weighted by Crippen LogP contribution is 2.00. The summed E-state index contributed by atoms with van der Waals surface area (Å²) in [5.41, 5.74) is 2.31. The van der Waals surface area contributed by atoms with E-state index in [2.05, 4.69) is 29.0 Å². The molecule has 18 heavy (non-hydrogen) atoms. The van der Waals surface area contributed by atoms with Crippen molar-refractivity contribution >= 4 is 29.9 Å². The summed E-state index contributed by atoms with van der Waals surface area (Å²) in [7, 11) is 3.96. The van der Waals surface area contributed by atoms with Crippen molar-refractivity contribution in [2.45, 2.75) is 13.5 Å². The smallest absolute Gasteiger partial charge is 0.193 e. The molecule has 0 aliphatic carbocycles. The van der Waals surface area contributed by atoms with Gasteiger partial charge in [-0.1, -0.05) is 42.5 Å². The number of nitrogens with zero attached hydrogens (tertiary/aromatic N) is 2. The zero-order valence-corrected chi connectivity index (χ0v) is 13.6. The van der Waals surface area contributed by atoms with Gasteiger partial charge in [0.25, 0.3) is 0 Å². The highest BCUT2D eigenvalue weighted by Gasteiger charge is 2.00. The lowest BCUT2D eigenvalue weighted by Crippen LogP contribution is -2.37. The molecule has 0 unspecified atom stereocenters. The normalized spacial score (nSPS) is 10.5. The van der Waals surface area contributed by atoms with Crippen LogP contribution in [0.1, 0.15) is 12.5 Å². The van der Waals surface area contributed by atoms with E-state index in [0.717, 1.165) is 18.1 Å². The summed E-state index contributed by atoms with van der Waals surface area (Å²) in [5, 5.41) is 3.27. The van der Waals surface area contributed by atoms with Crippen molar-refractivity contribution in [3.63, 3.8) is 0 Å². The lowest BCUT2D eigenvalue weighted by molar-refractivity contribution is 0.585. The van der Waals surface area contributed by atoms with E-state index < -0.39 is 0 Å². The summed E-state index contributed by atoms with van der Waals surface area (Å²) in [6.45, 7) is 7.31. The van der Waals surface area contributed by atoms with Crippen molar-refractivity contribution in [3.8, 4) is 0 Å². The van der Waals surface area contributed by atoms with Crippen molar-refractivity contribution in [1.82, 2.24) is 10.2 Å². The van der Waals surface area contributed by atoms with Crippen LogP contribution in [0.3, 0.4) is 0 Å².